The molecule has 0 saturated heterocycles. The molecule has 2 aromatic carbocycles. The Bertz CT molecular complexity index is 565. The van der Waals surface area contributed by atoms with E-state index in [1.165, 1.54) is 0 Å². The second-order valence-corrected chi connectivity index (χ2v) is 6.07. The van der Waals surface area contributed by atoms with E-state index >= 15 is 0 Å². The molecule has 0 fully saturated rings. The van der Waals surface area contributed by atoms with E-state index in [0.29, 0.717) is 5.02 Å². The zero-order valence-electron chi connectivity index (χ0n) is 11.2. The molecule has 0 spiro atoms. The standard InChI is InChI=1S/C16H16Cl2O/c1-10-4-5-11(8-13(10)17)16(2,3)12-6-7-15(19)14(18)9-12/h4-9,19H,1-3H3. The summed E-state index contributed by atoms with van der Waals surface area (Å²) in [6, 6.07) is 11.4. The van der Waals surface area contributed by atoms with Crippen LogP contribution in [0.2, 0.25) is 10.0 Å². The Balaban J connectivity index is 2.51. The van der Waals surface area contributed by atoms with Crippen molar-refractivity contribution in [3.8, 4) is 5.75 Å². The Labute approximate surface area is 123 Å². The van der Waals surface area contributed by atoms with Crippen molar-refractivity contribution >= 4 is 23.2 Å². The molecule has 0 aliphatic carbocycles. The van der Waals surface area contributed by atoms with Crippen LogP contribution in [0.3, 0.4) is 0 Å². The van der Waals surface area contributed by atoms with Crippen LogP contribution in [-0.2, 0) is 5.41 Å². The zero-order valence-corrected chi connectivity index (χ0v) is 12.7. The lowest BCUT2D eigenvalue weighted by molar-refractivity contribution is 0.474. The summed E-state index contributed by atoms with van der Waals surface area (Å²) in [5, 5.41) is 10.6. The Hall–Kier alpha value is -1.18. The smallest absolute Gasteiger partial charge is 0.134 e. The summed E-state index contributed by atoms with van der Waals surface area (Å²) < 4.78 is 0. The molecule has 3 heteroatoms. The van der Waals surface area contributed by atoms with Gasteiger partial charge in [0.15, 0.2) is 0 Å². The minimum Gasteiger partial charge on any atom is -0.506 e. The second kappa shape index (κ2) is 5.07. The fraction of sp³-hybridized carbons (Fsp3) is 0.250. The van der Waals surface area contributed by atoms with Gasteiger partial charge in [-0.15, -0.1) is 0 Å². The average molecular weight is 295 g/mol. The first-order valence-corrected chi connectivity index (χ1v) is 6.83. The highest BCUT2D eigenvalue weighted by molar-refractivity contribution is 6.32. The average Bonchev–Trinajstić information content (AvgIpc) is 2.35. The summed E-state index contributed by atoms with van der Waals surface area (Å²) in [7, 11) is 0. The van der Waals surface area contributed by atoms with Crippen molar-refractivity contribution in [3.63, 3.8) is 0 Å². The van der Waals surface area contributed by atoms with Crippen LogP contribution in [0.15, 0.2) is 36.4 Å². The van der Waals surface area contributed by atoms with Crippen molar-refractivity contribution < 1.29 is 5.11 Å². The van der Waals surface area contributed by atoms with Crippen molar-refractivity contribution in [3.05, 3.63) is 63.1 Å². The molecule has 1 N–H and O–H groups in total. The van der Waals surface area contributed by atoms with Crippen LogP contribution >= 0.6 is 23.2 Å². The van der Waals surface area contributed by atoms with E-state index in [4.69, 9.17) is 23.2 Å². The first kappa shape index (κ1) is 14.2. The third-order valence-electron chi connectivity index (χ3n) is 3.56. The molecule has 0 amide bonds. The Morgan fingerprint density at radius 1 is 0.895 bits per heavy atom. The minimum atomic E-state index is -0.228. The molecule has 0 atom stereocenters. The lowest BCUT2D eigenvalue weighted by Crippen LogP contribution is -2.18. The maximum absolute atomic E-state index is 9.51. The molecule has 0 radical (unpaired) electrons. The van der Waals surface area contributed by atoms with Gasteiger partial charge >= 0.3 is 0 Å². The lowest BCUT2D eigenvalue weighted by Gasteiger charge is -2.27. The summed E-state index contributed by atoms with van der Waals surface area (Å²) in [5.41, 5.74) is 2.99. The molecule has 0 aliphatic rings. The highest BCUT2D eigenvalue weighted by Crippen LogP contribution is 2.36. The van der Waals surface area contributed by atoms with Gasteiger partial charge in [0.25, 0.3) is 0 Å². The summed E-state index contributed by atoms with van der Waals surface area (Å²) in [4.78, 5) is 0. The third-order valence-corrected chi connectivity index (χ3v) is 4.27. The summed E-state index contributed by atoms with van der Waals surface area (Å²) >= 11 is 12.2. The molecule has 0 saturated carbocycles. The predicted molar refractivity (Wildman–Crippen MR) is 81.4 cm³/mol. The van der Waals surface area contributed by atoms with E-state index in [0.717, 1.165) is 21.7 Å². The van der Waals surface area contributed by atoms with Gasteiger partial charge in [-0.1, -0.05) is 55.2 Å². The molecule has 0 bridgehead atoms. The fourth-order valence-electron chi connectivity index (χ4n) is 2.04. The maximum atomic E-state index is 9.51. The van der Waals surface area contributed by atoms with Crippen LogP contribution in [0, 0.1) is 6.92 Å². The normalized spacial score (nSPS) is 11.6. The number of rotatable bonds is 2. The highest BCUT2D eigenvalue weighted by atomic mass is 35.5. The Kier molecular flexibility index (Phi) is 3.80. The third kappa shape index (κ3) is 2.72. The summed E-state index contributed by atoms with van der Waals surface area (Å²) in [5.74, 6) is 0.100. The molecule has 2 aromatic rings. The van der Waals surface area contributed by atoms with Gasteiger partial charge in [0.05, 0.1) is 5.02 Å². The van der Waals surface area contributed by atoms with Crippen molar-refractivity contribution in [2.45, 2.75) is 26.2 Å². The van der Waals surface area contributed by atoms with Crippen LogP contribution in [0.25, 0.3) is 0 Å². The number of benzene rings is 2. The van der Waals surface area contributed by atoms with Crippen molar-refractivity contribution in [2.75, 3.05) is 0 Å². The quantitative estimate of drug-likeness (QED) is 0.793. The number of hydrogen-bond acceptors (Lipinski definition) is 1. The molecule has 100 valence electrons. The Morgan fingerprint density at radius 2 is 1.42 bits per heavy atom. The van der Waals surface area contributed by atoms with E-state index in [1.807, 2.05) is 25.1 Å². The molecule has 2 rings (SSSR count). The van der Waals surface area contributed by atoms with Crippen LogP contribution in [-0.4, -0.2) is 5.11 Å². The molecule has 0 unspecified atom stereocenters. The Morgan fingerprint density at radius 3 is 1.95 bits per heavy atom. The van der Waals surface area contributed by atoms with Crippen molar-refractivity contribution in [1.29, 1.82) is 0 Å². The van der Waals surface area contributed by atoms with Gasteiger partial charge in [0, 0.05) is 10.4 Å². The van der Waals surface area contributed by atoms with Gasteiger partial charge in [-0.25, -0.2) is 0 Å². The lowest BCUT2D eigenvalue weighted by atomic mass is 9.78. The summed E-state index contributed by atoms with van der Waals surface area (Å²) in [6.45, 7) is 6.20. The van der Waals surface area contributed by atoms with Gasteiger partial charge < -0.3 is 5.11 Å². The van der Waals surface area contributed by atoms with E-state index in [1.54, 1.807) is 12.1 Å². The monoisotopic (exact) mass is 294 g/mol. The molecular formula is C16H16Cl2O. The number of phenolic OH excluding ortho intramolecular Hbond substituents is 1. The van der Waals surface area contributed by atoms with E-state index in [2.05, 4.69) is 19.9 Å². The number of halogens is 2. The molecule has 1 nitrogen and oxygen atoms in total. The molecule has 0 aromatic heterocycles. The second-order valence-electron chi connectivity index (χ2n) is 5.26. The topological polar surface area (TPSA) is 20.2 Å². The fourth-order valence-corrected chi connectivity index (χ4v) is 2.41. The van der Waals surface area contributed by atoms with Gasteiger partial charge in [-0.05, 0) is 41.8 Å². The van der Waals surface area contributed by atoms with E-state index in [9.17, 15) is 5.11 Å². The van der Waals surface area contributed by atoms with Crippen molar-refractivity contribution in [1.82, 2.24) is 0 Å². The van der Waals surface area contributed by atoms with E-state index in [-0.39, 0.29) is 11.2 Å². The van der Waals surface area contributed by atoms with Crippen LogP contribution in [0.1, 0.15) is 30.5 Å². The van der Waals surface area contributed by atoms with Gasteiger partial charge in [-0.3, -0.25) is 0 Å². The SMILES string of the molecule is Cc1ccc(C(C)(C)c2ccc(O)c(Cl)c2)cc1Cl. The van der Waals surface area contributed by atoms with E-state index < -0.39 is 0 Å². The van der Waals surface area contributed by atoms with Crippen molar-refractivity contribution in [2.24, 2.45) is 0 Å². The highest BCUT2D eigenvalue weighted by Gasteiger charge is 2.24. The maximum Gasteiger partial charge on any atom is 0.134 e. The van der Waals surface area contributed by atoms with Crippen LogP contribution < -0.4 is 0 Å². The van der Waals surface area contributed by atoms with Gasteiger partial charge in [0.1, 0.15) is 5.75 Å². The predicted octanol–water partition coefficient (Wildman–Crippen LogP) is 5.33. The zero-order chi connectivity index (χ0) is 14.2. The molecule has 19 heavy (non-hydrogen) atoms. The minimum absolute atomic E-state index is 0.100. The van der Waals surface area contributed by atoms with Crippen LogP contribution in [0.5, 0.6) is 5.75 Å². The van der Waals surface area contributed by atoms with Gasteiger partial charge in [0.2, 0.25) is 0 Å². The van der Waals surface area contributed by atoms with Gasteiger partial charge in [-0.2, -0.15) is 0 Å². The number of hydrogen-bond donors (Lipinski definition) is 1. The molecule has 0 heterocycles. The number of aryl methyl sites for hydroxylation is 1. The molecular weight excluding hydrogens is 279 g/mol. The largest absolute Gasteiger partial charge is 0.506 e. The first-order chi connectivity index (χ1) is 8.82. The molecule has 0 aliphatic heterocycles. The number of phenols is 1. The summed E-state index contributed by atoms with van der Waals surface area (Å²) in [6.07, 6.45) is 0. The first-order valence-electron chi connectivity index (χ1n) is 6.08. The number of aromatic hydroxyl groups is 1. The van der Waals surface area contributed by atoms with Crippen LogP contribution in [0.4, 0.5) is 0 Å².